The first-order valence-electron chi connectivity index (χ1n) is 6.93. The molecule has 1 aromatic heterocycles. The Morgan fingerprint density at radius 2 is 2.00 bits per heavy atom. The van der Waals surface area contributed by atoms with Gasteiger partial charge in [-0.1, -0.05) is 34.6 Å². The lowest BCUT2D eigenvalue weighted by atomic mass is 9.97. The fourth-order valence-corrected chi connectivity index (χ4v) is 1.61. The molecule has 0 atom stereocenters. The first-order chi connectivity index (χ1) is 8.70. The first-order valence-corrected chi connectivity index (χ1v) is 6.93. The molecule has 1 aromatic rings. The Morgan fingerprint density at radius 1 is 1.37 bits per heavy atom. The molecule has 1 amide bonds. The van der Waals surface area contributed by atoms with Crippen molar-refractivity contribution in [2.75, 3.05) is 6.54 Å². The number of hydrogen-bond acceptors (Lipinski definition) is 3. The summed E-state index contributed by atoms with van der Waals surface area (Å²) in [5, 5.41) is 2.91. The Kier molecular flexibility index (Phi) is 5.15. The average molecular weight is 266 g/mol. The van der Waals surface area contributed by atoms with Crippen molar-refractivity contribution in [3.05, 3.63) is 17.3 Å². The Bertz CT molecular complexity index is 428. The van der Waals surface area contributed by atoms with E-state index < -0.39 is 0 Å². The molecule has 1 heterocycles. The van der Waals surface area contributed by atoms with Gasteiger partial charge in [0.1, 0.15) is 5.76 Å². The maximum atomic E-state index is 11.7. The van der Waals surface area contributed by atoms with Gasteiger partial charge in [-0.05, 0) is 12.8 Å². The minimum atomic E-state index is -0.0943. The molecule has 0 unspecified atom stereocenters. The summed E-state index contributed by atoms with van der Waals surface area (Å²) in [5.74, 6) is 2.11. The minimum Gasteiger partial charge on any atom is -0.445 e. The summed E-state index contributed by atoms with van der Waals surface area (Å²) in [4.78, 5) is 16.1. The third-order valence-electron chi connectivity index (χ3n) is 2.82. The third-order valence-corrected chi connectivity index (χ3v) is 2.82. The van der Waals surface area contributed by atoms with Crippen molar-refractivity contribution in [2.24, 2.45) is 5.92 Å². The van der Waals surface area contributed by atoms with E-state index in [0.717, 1.165) is 23.9 Å². The van der Waals surface area contributed by atoms with Gasteiger partial charge in [-0.15, -0.1) is 0 Å². The molecule has 19 heavy (non-hydrogen) atoms. The Balaban J connectivity index is 2.54. The van der Waals surface area contributed by atoms with Crippen LogP contribution >= 0.6 is 0 Å². The summed E-state index contributed by atoms with van der Waals surface area (Å²) in [6, 6.07) is 0. The fourth-order valence-electron chi connectivity index (χ4n) is 1.61. The van der Waals surface area contributed by atoms with Crippen LogP contribution in [-0.4, -0.2) is 17.4 Å². The van der Waals surface area contributed by atoms with Crippen molar-refractivity contribution < 1.29 is 9.21 Å². The Hall–Kier alpha value is -1.32. The Labute approximate surface area is 116 Å². The molecule has 0 aliphatic carbocycles. The summed E-state index contributed by atoms with van der Waals surface area (Å²) in [5.41, 5.74) is 0.796. The third kappa shape index (κ3) is 5.05. The molecule has 0 aromatic carbocycles. The van der Waals surface area contributed by atoms with Crippen molar-refractivity contribution in [1.82, 2.24) is 10.3 Å². The molecule has 0 spiro atoms. The van der Waals surface area contributed by atoms with Crippen LogP contribution in [0.3, 0.4) is 0 Å². The molecule has 0 aliphatic rings. The van der Waals surface area contributed by atoms with Gasteiger partial charge in [-0.25, -0.2) is 4.98 Å². The van der Waals surface area contributed by atoms with Gasteiger partial charge in [-0.3, -0.25) is 4.79 Å². The van der Waals surface area contributed by atoms with Crippen LogP contribution in [0, 0.1) is 12.8 Å². The lowest BCUT2D eigenvalue weighted by molar-refractivity contribution is -0.121. The largest absolute Gasteiger partial charge is 0.445 e. The van der Waals surface area contributed by atoms with Crippen molar-refractivity contribution in [3.63, 3.8) is 0 Å². The Morgan fingerprint density at radius 3 is 2.47 bits per heavy atom. The van der Waals surface area contributed by atoms with Crippen LogP contribution < -0.4 is 5.32 Å². The first kappa shape index (κ1) is 15.7. The SMILES string of the molecule is Cc1nc(C(C)(C)C)oc1CCC(=O)NCC(C)C. The molecule has 0 radical (unpaired) electrons. The summed E-state index contributed by atoms with van der Waals surface area (Å²) in [7, 11) is 0. The van der Waals surface area contributed by atoms with Crippen molar-refractivity contribution in [1.29, 1.82) is 0 Å². The summed E-state index contributed by atoms with van der Waals surface area (Å²) in [6.45, 7) is 13.0. The van der Waals surface area contributed by atoms with E-state index in [9.17, 15) is 4.79 Å². The van der Waals surface area contributed by atoms with Gasteiger partial charge in [0.05, 0.1) is 5.69 Å². The van der Waals surface area contributed by atoms with Crippen LogP contribution in [0.5, 0.6) is 0 Å². The van der Waals surface area contributed by atoms with E-state index in [1.54, 1.807) is 0 Å². The van der Waals surface area contributed by atoms with E-state index in [4.69, 9.17) is 4.42 Å². The molecule has 0 fully saturated rings. The summed E-state index contributed by atoms with van der Waals surface area (Å²) >= 11 is 0. The number of nitrogens with one attached hydrogen (secondary N) is 1. The minimum absolute atomic E-state index is 0.0711. The number of nitrogens with zero attached hydrogens (tertiary/aromatic N) is 1. The molecule has 0 saturated carbocycles. The molecular weight excluding hydrogens is 240 g/mol. The maximum absolute atomic E-state index is 11.7. The summed E-state index contributed by atoms with van der Waals surface area (Å²) in [6.07, 6.45) is 1.06. The monoisotopic (exact) mass is 266 g/mol. The van der Waals surface area contributed by atoms with E-state index >= 15 is 0 Å². The van der Waals surface area contributed by atoms with Crippen LogP contribution in [-0.2, 0) is 16.6 Å². The second-order valence-electron chi connectivity index (χ2n) is 6.48. The van der Waals surface area contributed by atoms with E-state index in [1.165, 1.54) is 0 Å². The van der Waals surface area contributed by atoms with Crippen molar-refractivity contribution in [3.8, 4) is 0 Å². The number of aryl methyl sites for hydroxylation is 2. The highest BCUT2D eigenvalue weighted by Crippen LogP contribution is 2.24. The molecule has 108 valence electrons. The molecule has 0 bridgehead atoms. The highest BCUT2D eigenvalue weighted by Gasteiger charge is 2.22. The van der Waals surface area contributed by atoms with Gasteiger partial charge in [-0.2, -0.15) is 0 Å². The second kappa shape index (κ2) is 6.22. The van der Waals surface area contributed by atoms with Gasteiger partial charge >= 0.3 is 0 Å². The molecule has 1 rings (SSSR count). The molecule has 1 N–H and O–H groups in total. The molecule has 4 heteroatoms. The standard InChI is InChI=1S/C15H26N2O2/c1-10(2)9-16-13(18)8-7-12-11(3)17-14(19-12)15(4,5)6/h10H,7-9H2,1-6H3,(H,16,18). The van der Waals surface area contributed by atoms with E-state index in [1.807, 2.05) is 6.92 Å². The predicted octanol–water partition coefficient (Wildman–Crippen LogP) is 2.99. The number of carbonyl (C=O) groups is 1. The highest BCUT2D eigenvalue weighted by molar-refractivity contribution is 5.76. The van der Waals surface area contributed by atoms with Crippen LogP contribution in [0.25, 0.3) is 0 Å². The van der Waals surface area contributed by atoms with Crippen molar-refractivity contribution in [2.45, 2.75) is 59.8 Å². The maximum Gasteiger partial charge on any atom is 0.220 e. The van der Waals surface area contributed by atoms with Crippen LogP contribution in [0.4, 0.5) is 0 Å². The van der Waals surface area contributed by atoms with Gasteiger partial charge in [0.25, 0.3) is 0 Å². The lowest BCUT2D eigenvalue weighted by Gasteiger charge is -2.12. The predicted molar refractivity (Wildman–Crippen MR) is 76.1 cm³/mol. The zero-order valence-corrected chi connectivity index (χ0v) is 13.0. The summed E-state index contributed by atoms with van der Waals surface area (Å²) < 4.78 is 5.76. The quantitative estimate of drug-likeness (QED) is 0.891. The van der Waals surface area contributed by atoms with Gasteiger partial charge in [0, 0.05) is 24.8 Å². The fraction of sp³-hybridized carbons (Fsp3) is 0.733. The zero-order valence-electron chi connectivity index (χ0n) is 13.0. The number of amides is 1. The number of aromatic nitrogens is 1. The average Bonchev–Trinajstić information content (AvgIpc) is 2.65. The smallest absolute Gasteiger partial charge is 0.220 e. The van der Waals surface area contributed by atoms with Crippen molar-refractivity contribution >= 4 is 5.91 Å². The van der Waals surface area contributed by atoms with Gasteiger partial charge in [0.15, 0.2) is 5.89 Å². The second-order valence-corrected chi connectivity index (χ2v) is 6.48. The number of hydrogen-bond donors (Lipinski definition) is 1. The highest BCUT2D eigenvalue weighted by atomic mass is 16.4. The van der Waals surface area contributed by atoms with Crippen LogP contribution in [0.2, 0.25) is 0 Å². The number of rotatable bonds is 5. The van der Waals surface area contributed by atoms with Gasteiger partial charge < -0.3 is 9.73 Å². The normalized spacial score (nSPS) is 11.9. The molecule has 0 aliphatic heterocycles. The van der Waals surface area contributed by atoms with Crippen LogP contribution in [0.1, 0.15) is 58.4 Å². The topological polar surface area (TPSA) is 55.1 Å². The van der Waals surface area contributed by atoms with E-state index in [2.05, 4.69) is 44.9 Å². The number of carbonyl (C=O) groups excluding carboxylic acids is 1. The van der Waals surface area contributed by atoms with Gasteiger partial charge in [0.2, 0.25) is 5.91 Å². The van der Waals surface area contributed by atoms with E-state index in [0.29, 0.717) is 18.8 Å². The number of oxazole rings is 1. The molecule has 0 saturated heterocycles. The molecular formula is C15H26N2O2. The zero-order chi connectivity index (χ0) is 14.6. The molecule has 4 nitrogen and oxygen atoms in total. The van der Waals surface area contributed by atoms with E-state index in [-0.39, 0.29) is 11.3 Å². The lowest BCUT2D eigenvalue weighted by Crippen LogP contribution is -2.27. The van der Waals surface area contributed by atoms with Crippen LogP contribution in [0.15, 0.2) is 4.42 Å².